The van der Waals surface area contributed by atoms with Crippen LogP contribution in [0.15, 0.2) is 59.6 Å². The minimum absolute atomic E-state index is 0. The topological polar surface area (TPSA) is 47.1 Å². The number of fused-ring (bicyclic) bond motifs is 1. The summed E-state index contributed by atoms with van der Waals surface area (Å²) in [6, 6.07) is 19.6. The Labute approximate surface area is 144 Å². The molecular formula is C19H25ClN2O. The number of nitrogens with zero attached hydrogens (tertiary/aromatic N) is 2. The molecule has 1 aliphatic heterocycles. The molecule has 0 bridgehead atoms. The van der Waals surface area contributed by atoms with E-state index in [9.17, 15) is 0 Å². The number of benzene rings is 2. The molecule has 4 heteroatoms. The van der Waals surface area contributed by atoms with Gasteiger partial charge >= 0.3 is 0 Å². The second-order valence-electron chi connectivity index (χ2n) is 5.95. The molecule has 0 aromatic heterocycles. The molecule has 1 unspecified atom stereocenters. The number of halogens is 1. The second-order valence-corrected chi connectivity index (χ2v) is 5.95. The summed E-state index contributed by atoms with van der Waals surface area (Å²) in [5.74, 6) is 0. The van der Waals surface area contributed by atoms with Crippen LogP contribution in [-0.2, 0) is 6.42 Å². The van der Waals surface area contributed by atoms with Gasteiger partial charge in [-0.05, 0) is 39.0 Å². The lowest BCUT2D eigenvalue weighted by Crippen LogP contribution is -2.25. The Morgan fingerprint density at radius 1 is 1.00 bits per heavy atom. The predicted octanol–water partition coefficient (Wildman–Crippen LogP) is 3.00. The molecule has 2 N–H and O–H groups in total. The highest BCUT2D eigenvalue weighted by atomic mass is 35.5. The lowest BCUT2D eigenvalue weighted by Gasteiger charge is -2.24. The molecule has 3 nitrogen and oxygen atoms in total. The molecule has 23 heavy (non-hydrogen) atoms. The summed E-state index contributed by atoms with van der Waals surface area (Å²) in [5, 5.41) is 0. The summed E-state index contributed by atoms with van der Waals surface area (Å²) in [6.45, 7) is 1.08. The third kappa shape index (κ3) is 4.64. The maximum absolute atomic E-state index is 5.06. The van der Waals surface area contributed by atoms with E-state index >= 15 is 0 Å². The SMILES string of the molecule is CN(C)CCC1Cc2ccccc2C(c2ccccc2)=N1.Cl.O. The lowest BCUT2D eigenvalue weighted by molar-refractivity contribution is 0.379. The highest BCUT2D eigenvalue weighted by molar-refractivity contribution is 6.14. The third-order valence-electron chi connectivity index (χ3n) is 4.00. The molecule has 0 amide bonds. The molecule has 3 rings (SSSR count). The Hall–Kier alpha value is -1.68. The van der Waals surface area contributed by atoms with Crippen LogP contribution in [0.4, 0.5) is 0 Å². The van der Waals surface area contributed by atoms with Crippen LogP contribution < -0.4 is 0 Å². The molecule has 0 aliphatic carbocycles. The zero-order chi connectivity index (χ0) is 14.7. The van der Waals surface area contributed by atoms with Crippen molar-refractivity contribution in [2.24, 2.45) is 4.99 Å². The van der Waals surface area contributed by atoms with Crippen LogP contribution in [0.25, 0.3) is 0 Å². The lowest BCUT2D eigenvalue weighted by atomic mass is 9.89. The van der Waals surface area contributed by atoms with E-state index in [0.717, 1.165) is 25.1 Å². The molecule has 0 radical (unpaired) electrons. The number of hydrogen-bond donors (Lipinski definition) is 0. The number of hydrogen-bond acceptors (Lipinski definition) is 2. The van der Waals surface area contributed by atoms with Gasteiger partial charge in [-0.25, -0.2) is 0 Å². The normalized spacial score (nSPS) is 16.0. The van der Waals surface area contributed by atoms with Gasteiger partial charge in [0.1, 0.15) is 0 Å². The average molecular weight is 333 g/mol. The Bertz CT molecular complexity index is 641. The fraction of sp³-hybridized carbons (Fsp3) is 0.316. The van der Waals surface area contributed by atoms with Crippen molar-refractivity contribution in [3.05, 3.63) is 71.3 Å². The highest BCUT2D eigenvalue weighted by Crippen LogP contribution is 2.24. The monoisotopic (exact) mass is 332 g/mol. The summed E-state index contributed by atoms with van der Waals surface area (Å²) < 4.78 is 0. The third-order valence-corrected chi connectivity index (χ3v) is 4.00. The zero-order valence-electron chi connectivity index (χ0n) is 13.7. The smallest absolute Gasteiger partial charge is 0.0725 e. The number of rotatable bonds is 4. The van der Waals surface area contributed by atoms with Crippen LogP contribution in [0.3, 0.4) is 0 Å². The summed E-state index contributed by atoms with van der Waals surface area (Å²) in [7, 11) is 4.25. The summed E-state index contributed by atoms with van der Waals surface area (Å²) in [6.07, 6.45) is 2.16. The summed E-state index contributed by atoms with van der Waals surface area (Å²) in [4.78, 5) is 7.29. The van der Waals surface area contributed by atoms with Gasteiger partial charge in [-0.3, -0.25) is 4.99 Å². The molecule has 2 aromatic carbocycles. The first kappa shape index (κ1) is 19.4. The maximum Gasteiger partial charge on any atom is 0.0725 e. The van der Waals surface area contributed by atoms with Gasteiger partial charge in [-0.1, -0.05) is 54.6 Å². The van der Waals surface area contributed by atoms with Crippen LogP contribution >= 0.6 is 12.4 Å². The first-order chi connectivity index (χ1) is 10.2. The van der Waals surface area contributed by atoms with Gasteiger partial charge in [0.05, 0.1) is 11.8 Å². The van der Waals surface area contributed by atoms with E-state index in [2.05, 4.69) is 73.6 Å². The van der Waals surface area contributed by atoms with E-state index in [0.29, 0.717) is 6.04 Å². The van der Waals surface area contributed by atoms with Crippen molar-refractivity contribution in [3.63, 3.8) is 0 Å². The number of aliphatic imine (C=N–C) groups is 1. The summed E-state index contributed by atoms with van der Waals surface area (Å²) in [5.41, 5.74) is 5.10. The van der Waals surface area contributed by atoms with Crippen LogP contribution in [0, 0.1) is 0 Å². The highest BCUT2D eigenvalue weighted by Gasteiger charge is 2.21. The van der Waals surface area contributed by atoms with Gasteiger partial charge < -0.3 is 10.4 Å². The van der Waals surface area contributed by atoms with E-state index in [1.807, 2.05) is 0 Å². The van der Waals surface area contributed by atoms with Gasteiger partial charge in [0.25, 0.3) is 0 Å². The van der Waals surface area contributed by atoms with Crippen molar-refractivity contribution < 1.29 is 5.48 Å². The van der Waals surface area contributed by atoms with Crippen molar-refractivity contribution >= 4 is 18.1 Å². The van der Waals surface area contributed by atoms with E-state index in [-0.39, 0.29) is 17.9 Å². The molecule has 2 aromatic rings. The second kappa shape index (κ2) is 8.82. The van der Waals surface area contributed by atoms with Gasteiger partial charge in [-0.2, -0.15) is 0 Å². The minimum Gasteiger partial charge on any atom is -0.412 e. The molecule has 1 aliphatic rings. The Morgan fingerprint density at radius 2 is 1.65 bits per heavy atom. The van der Waals surface area contributed by atoms with Crippen LogP contribution in [0.5, 0.6) is 0 Å². The Balaban J connectivity index is 0.00000132. The van der Waals surface area contributed by atoms with Gasteiger partial charge in [0.2, 0.25) is 0 Å². The van der Waals surface area contributed by atoms with Crippen LogP contribution in [-0.4, -0.2) is 42.8 Å². The van der Waals surface area contributed by atoms with Crippen LogP contribution in [0.2, 0.25) is 0 Å². The van der Waals surface area contributed by atoms with Crippen molar-refractivity contribution in [2.75, 3.05) is 20.6 Å². The summed E-state index contributed by atoms with van der Waals surface area (Å²) >= 11 is 0. The van der Waals surface area contributed by atoms with E-state index in [4.69, 9.17) is 4.99 Å². The van der Waals surface area contributed by atoms with Gasteiger partial charge in [0, 0.05) is 11.1 Å². The standard InChI is InChI=1S/C19H22N2.ClH.H2O/c1-21(2)13-12-17-14-16-10-6-7-11-18(16)19(20-17)15-8-4-3-5-9-15;;/h3-11,17H,12-14H2,1-2H3;1H;1H2. The van der Waals surface area contributed by atoms with E-state index < -0.39 is 0 Å². The average Bonchev–Trinajstić information content (AvgIpc) is 2.53. The first-order valence-corrected chi connectivity index (χ1v) is 7.60. The molecule has 1 atom stereocenters. The van der Waals surface area contributed by atoms with Gasteiger partial charge in [0.15, 0.2) is 0 Å². The molecule has 0 saturated carbocycles. The van der Waals surface area contributed by atoms with Crippen molar-refractivity contribution in [3.8, 4) is 0 Å². The van der Waals surface area contributed by atoms with Crippen molar-refractivity contribution in [1.82, 2.24) is 4.90 Å². The minimum atomic E-state index is 0. The van der Waals surface area contributed by atoms with Gasteiger partial charge in [-0.15, -0.1) is 12.4 Å². The van der Waals surface area contributed by atoms with Crippen molar-refractivity contribution in [2.45, 2.75) is 18.9 Å². The van der Waals surface area contributed by atoms with E-state index in [1.54, 1.807) is 0 Å². The molecule has 124 valence electrons. The Kier molecular flexibility index (Phi) is 7.43. The molecule has 0 fully saturated rings. The maximum atomic E-state index is 5.06. The van der Waals surface area contributed by atoms with E-state index in [1.165, 1.54) is 16.7 Å². The van der Waals surface area contributed by atoms with Crippen molar-refractivity contribution in [1.29, 1.82) is 0 Å². The zero-order valence-corrected chi connectivity index (χ0v) is 14.5. The quantitative estimate of drug-likeness (QED) is 0.849. The molecule has 0 spiro atoms. The fourth-order valence-electron chi connectivity index (χ4n) is 2.88. The molecule has 1 heterocycles. The molecular weight excluding hydrogens is 308 g/mol. The first-order valence-electron chi connectivity index (χ1n) is 7.60. The molecule has 0 saturated heterocycles. The largest absolute Gasteiger partial charge is 0.412 e. The Morgan fingerprint density at radius 3 is 2.35 bits per heavy atom. The van der Waals surface area contributed by atoms with Crippen LogP contribution in [0.1, 0.15) is 23.1 Å². The predicted molar refractivity (Wildman–Crippen MR) is 100 cm³/mol. The fourth-order valence-corrected chi connectivity index (χ4v) is 2.88.